The van der Waals surface area contributed by atoms with E-state index in [2.05, 4.69) is 10.3 Å². The average molecular weight is 179 g/mol. The van der Waals surface area contributed by atoms with E-state index in [1.807, 2.05) is 6.07 Å². The maximum absolute atomic E-state index is 5.65. The molecule has 1 aromatic heterocycles. The molecule has 0 spiro atoms. The smallest absolute Gasteiger partial charge is 0.138 e. The lowest BCUT2D eigenvalue weighted by Gasteiger charge is -2.11. The lowest BCUT2D eigenvalue weighted by molar-refractivity contribution is 0.222. The molecule has 4 nitrogen and oxygen atoms in total. The summed E-state index contributed by atoms with van der Waals surface area (Å²) in [7, 11) is 0. The molecule has 1 saturated heterocycles. The molecule has 0 saturated carbocycles. The summed E-state index contributed by atoms with van der Waals surface area (Å²) in [6.07, 6.45) is 3.00. The third kappa shape index (κ3) is 2.09. The second kappa shape index (κ2) is 3.62. The molecule has 0 amide bonds. The lowest BCUT2D eigenvalue weighted by Crippen LogP contribution is -2.19. The van der Waals surface area contributed by atoms with Gasteiger partial charge in [0.25, 0.3) is 0 Å². The number of nitrogens with one attached hydrogen (secondary N) is 1. The molecule has 0 radical (unpaired) electrons. The predicted octanol–water partition coefficient (Wildman–Crippen LogP) is 0.404. The fourth-order valence-corrected chi connectivity index (χ4v) is 1.38. The first-order chi connectivity index (χ1) is 6.34. The fourth-order valence-electron chi connectivity index (χ4n) is 1.38. The number of nitrogen functional groups attached to an aromatic ring is 1. The van der Waals surface area contributed by atoms with Crippen molar-refractivity contribution in [1.29, 1.82) is 0 Å². The van der Waals surface area contributed by atoms with Gasteiger partial charge in [0.2, 0.25) is 0 Å². The van der Waals surface area contributed by atoms with Crippen molar-refractivity contribution in [3.8, 4) is 5.75 Å². The molecule has 1 aromatic rings. The lowest BCUT2D eigenvalue weighted by atomic mass is 10.3. The molecule has 1 aliphatic rings. The normalized spacial score (nSPS) is 21.7. The van der Waals surface area contributed by atoms with Crippen LogP contribution in [-0.2, 0) is 0 Å². The van der Waals surface area contributed by atoms with Gasteiger partial charge in [0.1, 0.15) is 17.7 Å². The summed E-state index contributed by atoms with van der Waals surface area (Å²) in [4.78, 5) is 3.95. The molecule has 0 bridgehead atoms. The number of anilines is 1. The molecule has 4 heteroatoms. The molecule has 2 rings (SSSR count). The minimum absolute atomic E-state index is 0.283. The Morgan fingerprint density at radius 1 is 1.54 bits per heavy atom. The van der Waals surface area contributed by atoms with Crippen LogP contribution in [0.15, 0.2) is 18.3 Å². The van der Waals surface area contributed by atoms with Crippen LogP contribution in [0.1, 0.15) is 6.42 Å². The van der Waals surface area contributed by atoms with Crippen LogP contribution in [0.2, 0.25) is 0 Å². The zero-order valence-corrected chi connectivity index (χ0v) is 7.36. The monoisotopic (exact) mass is 179 g/mol. The molecule has 2 heterocycles. The number of ether oxygens (including phenoxy) is 1. The van der Waals surface area contributed by atoms with E-state index in [1.54, 1.807) is 12.3 Å². The zero-order chi connectivity index (χ0) is 9.10. The van der Waals surface area contributed by atoms with Gasteiger partial charge in [-0.2, -0.15) is 0 Å². The Hall–Kier alpha value is -1.29. The Labute approximate surface area is 77.1 Å². The van der Waals surface area contributed by atoms with E-state index in [4.69, 9.17) is 10.5 Å². The SMILES string of the molecule is Nc1ccc(O[C@@H]2CCNC2)cn1. The van der Waals surface area contributed by atoms with Crippen molar-refractivity contribution >= 4 is 5.82 Å². The largest absolute Gasteiger partial charge is 0.487 e. The van der Waals surface area contributed by atoms with Gasteiger partial charge in [-0.3, -0.25) is 0 Å². The van der Waals surface area contributed by atoms with Crippen LogP contribution in [0, 0.1) is 0 Å². The first-order valence-electron chi connectivity index (χ1n) is 4.43. The number of nitrogens with zero attached hydrogens (tertiary/aromatic N) is 1. The fraction of sp³-hybridized carbons (Fsp3) is 0.444. The minimum Gasteiger partial charge on any atom is -0.487 e. The van der Waals surface area contributed by atoms with E-state index < -0.39 is 0 Å². The summed E-state index contributed by atoms with van der Waals surface area (Å²) in [5.41, 5.74) is 5.46. The molecule has 1 fully saturated rings. The molecule has 0 aliphatic carbocycles. The highest BCUT2D eigenvalue weighted by Crippen LogP contribution is 2.14. The number of rotatable bonds is 2. The molecule has 1 atom stereocenters. The maximum Gasteiger partial charge on any atom is 0.138 e. The summed E-state index contributed by atoms with van der Waals surface area (Å²) in [5.74, 6) is 1.32. The van der Waals surface area contributed by atoms with Crippen molar-refractivity contribution in [2.75, 3.05) is 18.8 Å². The van der Waals surface area contributed by atoms with E-state index >= 15 is 0 Å². The van der Waals surface area contributed by atoms with Crippen LogP contribution in [0.25, 0.3) is 0 Å². The Kier molecular flexibility index (Phi) is 2.31. The van der Waals surface area contributed by atoms with Crippen LogP contribution in [-0.4, -0.2) is 24.2 Å². The van der Waals surface area contributed by atoms with Crippen LogP contribution < -0.4 is 15.8 Å². The van der Waals surface area contributed by atoms with Gasteiger partial charge in [0, 0.05) is 6.54 Å². The summed E-state index contributed by atoms with van der Waals surface area (Å²) in [6.45, 7) is 1.96. The van der Waals surface area contributed by atoms with Crippen molar-refractivity contribution in [2.45, 2.75) is 12.5 Å². The molecule has 0 aromatic carbocycles. The third-order valence-electron chi connectivity index (χ3n) is 2.08. The summed E-state index contributed by atoms with van der Waals surface area (Å²) < 4.78 is 5.65. The van der Waals surface area contributed by atoms with Gasteiger partial charge in [-0.05, 0) is 25.1 Å². The van der Waals surface area contributed by atoms with Gasteiger partial charge < -0.3 is 15.8 Å². The summed E-state index contributed by atoms with van der Waals surface area (Å²) in [5, 5.41) is 3.23. The van der Waals surface area contributed by atoms with E-state index in [-0.39, 0.29) is 6.10 Å². The van der Waals surface area contributed by atoms with Crippen molar-refractivity contribution in [1.82, 2.24) is 10.3 Å². The van der Waals surface area contributed by atoms with Crippen LogP contribution >= 0.6 is 0 Å². The van der Waals surface area contributed by atoms with Crippen LogP contribution in [0.5, 0.6) is 5.75 Å². The highest BCUT2D eigenvalue weighted by molar-refractivity contribution is 5.32. The number of hydrogen-bond donors (Lipinski definition) is 2. The maximum atomic E-state index is 5.65. The van der Waals surface area contributed by atoms with Gasteiger partial charge in [0.05, 0.1) is 6.20 Å². The Bertz CT molecular complexity index is 267. The van der Waals surface area contributed by atoms with Gasteiger partial charge >= 0.3 is 0 Å². The van der Waals surface area contributed by atoms with Gasteiger partial charge in [0.15, 0.2) is 0 Å². The number of aromatic nitrogens is 1. The molecular weight excluding hydrogens is 166 g/mol. The van der Waals surface area contributed by atoms with Gasteiger partial charge in [-0.1, -0.05) is 0 Å². The first kappa shape index (κ1) is 8.31. The molecule has 13 heavy (non-hydrogen) atoms. The Morgan fingerprint density at radius 3 is 3.08 bits per heavy atom. The van der Waals surface area contributed by atoms with Crippen LogP contribution in [0.4, 0.5) is 5.82 Å². The number of nitrogens with two attached hydrogens (primary N) is 1. The summed E-state index contributed by atoms with van der Waals surface area (Å²) in [6, 6.07) is 3.60. The second-order valence-electron chi connectivity index (χ2n) is 3.15. The number of hydrogen-bond acceptors (Lipinski definition) is 4. The van der Waals surface area contributed by atoms with E-state index in [1.165, 1.54) is 0 Å². The highest BCUT2D eigenvalue weighted by atomic mass is 16.5. The average Bonchev–Trinajstić information content (AvgIpc) is 2.62. The first-order valence-corrected chi connectivity index (χ1v) is 4.43. The van der Waals surface area contributed by atoms with Crippen molar-refractivity contribution in [2.24, 2.45) is 0 Å². The summed E-state index contributed by atoms with van der Waals surface area (Å²) >= 11 is 0. The molecule has 0 unspecified atom stereocenters. The third-order valence-corrected chi connectivity index (χ3v) is 2.08. The van der Waals surface area contributed by atoms with Crippen molar-refractivity contribution in [3.63, 3.8) is 0 Å². The quantitative estimate of drug-likeness (QED) is 0.690. The van der Waals surface area contributed by atoms with E-state index in [0.29, 0.717) is 5.82 Å². The number of pyridine rings is 1. The Morgan fingerprint density at radius 2 is 2.46 bits per heavy atom. The molecule has 1 aliphatic heterocycles. The standard InChI is InChI=1S/C9H13N3O/c10-9-2-1-7(6-12-9)13-8-3-4-11-5-8/h1-2,6,8,11H,3-5H2,(H2,10,12)/t8-/m1/s1. The molecular formula is C9H13N3O. The Balaban J connectivity index is 1.97. The van der Waals surface area contributed by atoms with Crippen molar-refractivity contribution < 1.29 is 4.74 Å². The van der Waals surface area contributed by atoms with Crippen molar-refractivity contribution in [3.05, 3.63) is 18.3 Å². The zero-order valence-electron chi connectivity index (χ0n) is 7.36. The van der Waals surface area contributed by atoms with Crippen LogP contribution in [0.3, 0.4) is 0 Å². The predicted molar refractivity (Wildman–Crippen MR) is 50.6 cm³/mol. The molecule has 3 N–H and O–H groups in total. The van der Waals surface area contributed by atoms with Gasteiger partial charge in [-0.15, -0.1) is 0 Å². The van der Waals surface area contributed by atoms with E-state index in [0.717, 1.165) is 25.3 Å². The second-order valence-corrected chi connectivity index (χ2v) is 3.15. The van der Waals surface area contributed by atoms with Gasteiger partial charge in [-0.25, -0.2) is 4.98 Å². The van der Waals surface area contributed by atoms with E-state index in [9.17, 15) is 0 Å². The topological polar surface area (TPSA) is 60.2 Å². The highest BCUT2D eigenvalue weighted by Gasteiger charge is 2.15. The minimum atomic E-state index is 0.283. The molecule has 70 valence electrons.